The lowest BCUT2D eigenvalue weighted by Gasteiger charge is -2.22. The van der Waals surface area contributed by atoms with Gasteiger partial charge in [0.15, 0.2) is 0 Å². The summed E-state index contributed by atoms with van der Waals surface area (Å²) < 4.78 is 0. The minimum atomic E-state index is -0.979. The van der Waals surface area contributed by atoms with Crippen molar-refractivity contribution in [3.05, 3.63) is 35.9 Å². The van der Waals surface area contributed by atoms with Crippen LogP contribution in [-0.4, -0.2) is 23.0 Å². The average Bonchev–Trinajstić information content (AvgIpc) is 2.42. The van der Waals surface area contributed by atoms with Crippen LogP contribution in [0.3, 0.4) is 0 Å². The van der Waals surface area contributed by atoms with Gasteiger partial charge in [-0.25, -0.2) is 4.79 Å². The highest BCUT2D eigenvalue weighted by atomic mass is 16.4. The van der Waals surface area contributed by atoms with E-state index in [9.17, 15) is 14.7 Å². The van der Waals surface area contributed by atoms with Crippen molar-refractivity contribution in [2.75, 3.05) is 0 Å². The quantitative estimate of drug-likeness (QED) is 0.846. The maximum Gasteiger partial charge on any atom is 0.326 e. The Morgan fingerprint density at radius 3 is 2.24 bits per heavy atom. The zero-order valence-corrected chi connectivity index (χ0v) is 13.2. The fourth-order valence-electron chi connectivity index (χ4n) is 2.02. The minimum absolute atomic E-state index is 0.0451. The van der Waals surface area contributed by atoms with Gasteiger partial charge in [0.05, 0.1) is 5.92 Å². The zero-order valence-electron chi connectivity index (χ0n) is 13.2. The van der Waals surface area contributed by atoms with Crippen LogP contribution in [0.2, 0.25) is 0 Å². The molecule has 116 valence electrons. The number of hydrogen-bond donors (Lipinski definition) is 2. The molecule has 2 N–H and O–H groups in total. The fourth-order valence-corrected chi connectivity index (χ4v) is 2.02. The van der Waals surface area contributed by atoms with Gasteiger partial charge in [-0.05, 0) is 30.7 Å². The Hall–Kier alpha value is -1.84. The maximum absolute atomic E-state index is 12.2. The second-order valence-electron chi connectivity index (χ2n) is 6.63. The average molecular weight is 291 g/mol. The van der Waals surface area contributed by atoms with E-state index in [0.29, 0.717) is 6.42 Å². The normalized spacial score (nSPS) is 14.3. The summed E-state index contributed by atoms with van der Waals surface area (Å²) in [5, 5.41) is 11.9. The van der Waals surface area contributed by atoms with E-state index in [2.05, 4.69) is 26.1 Å². The fraction of sp³-hybridized carbons (Fsp3) is 0.529. The van der Waals surface area contributed by atoms with Crippen LogP contribution >= 0.6 is 0 Å². The molecular formula is C17H25NO3. The number of hydrogen-bond acceptors (Lipinski definition) is 2. The van der Waals surface area contributed by atoms with Crippen LogP contribution < -0.4 is 5.32 Å². The maximum atomic E-state index is 12.2. The molecule has 1 unspecified atom stereocenters. The standard InChI is InChI=1S/C17H25NO3/c1-12(13-8-6-5-7-9-13)15(19)18-14(16(20)21)10-11-17(2,3)4/h5-9,12,14H,10-11H2,1-4H3,(H,18,19)(H,20,21)/t12-,14?/m0/s1. The first kappa shape index (κ1) is 17.2. The Balaban J connectivity index is 2.66. The molecule has 1 rings (SSSR count). The van der Waals surface area contributed by atoms with Gasteiger partial charge in [0.25, 0.3) is 0 Å². The van der Waals surface area contributed by atoms with Crippen LogP contribution in [0, 0.1) is 5.41 Å². The van der Waals surface area contributed by atoms with Crippen LogP contribution in [-0.2, 0) is 9.59 Å². The van der Waals surface area contributed by atoms with E-state index in [1.807, 2.05) is 30.3 Å². The van der Waals surface area contributed by atoms with E-state index < -0.39 is 12.0 Å². The number of carboxylic acids is 1. The Kier molecular flexibility index (Phi) is 5.94. The van der Waals surface area contributed by atoms with Crippen molar-refractivity contribution in [3.8, 4) is 0 Å². The van der Waals surface area contributed by atoms with Gasteiger partial charge in [-0.15, -0.1) is 0 Å². The monoisotopic (exact) mass is 291 g/mol. The van der Waals surface area contributed by atoms with Gasteiger partial charge in [-0.3, -0.25) is 4.79 Å². The van der Waals surface area contributed by atoms with Gasteiger partial charge in [0, 0.05) is 0 Å². The van der Waals surface area contributed by atoms with E-state index in [1.165, 1.54) is 0 Å². The molecule has 0 spiro atoms. The number of carbonyl (C=O) groups excluding carboxylic acids is 1. The molecule has 1 aromatic carbocycles. The van der Waals surface area contributed by atoms with E-state index in [-0.39, 0.29) is 17.2 Å². The molecule has 4 heteroatoms. The molecule has 1 amide bonds. The highest BCUT2D eigenvalue weighted by molar-refractivity contribution is 5.87. The molecule has 0 aliphatic carbocycles. The topological polar surface area (TPSA) is 66.4 Å². The van der Waals surface area contributed by atoms with Crippen molar-refractivity contribution >= 4 is 11.9 Å². The van der Waals surface area contributed by atoms with Crippen LogP contribution in [0.1, 0.15) is 52.0 Å². The number of carboxylic acid groups (broad SMARTS) is 1. The van der Waals surface area contributed by atoms with Crippen molar-refractivity contribution in [2.45, 2.75) is 52.5 Å². The molecule has 0 saturated heterocycles. The smallest absolute Gasteiger partial charge is 0.326 e. The number of rotatable bonds is 6. The largest absolute Gasteiger partial charge is 0.480 e. The molecule has 0 aliphatic heterocycles. The summed E-state index contributed by atoms with van der Waals surface area (Å²) in [7, 11) is 0. The Labute approximate surface area is 126 Å². The van der Waals surface area contributed by atoms with Crippen molar-refractivity contribution in [3.63, 3.8) is 0 Å². The molecule has 0 bridgehead atoms. The number of benzene rings is 1. The predicted octanol–water partition coefficient (Wildman–Crippen LogP) is 3.19. The molecular weight excluding hydrogens is 266 g/mol. The summed E-state index contributed by atoms with van der Waals surface area (Å²) in [6, 6.07) is 8.53. The Morgan fingerprint density at radius 2 is 1.76 bits per heavy atom. The third-order valence-corrected chi connectivity index (χ3v) is 3.49. The van der Waals surface area contributed by atoms with Crippen molar-refractivity contribution in [2.24, 2.45) is 5.41 Å². The third-order valence-electron chi connectivity index (χ3n) is 3.49. The summed E-state index contributed by atoms with van der Waals surface area (Å²) >= 11 is 0. The van der Waals surface area contributed by atoms with Crippen molar-refractivity contribution in [1.82, 2.24) is 5.32 Å². The van der Waals surface area contributed by atoms with Gasteiger partial charge < -0.3 is 10.4 Å². The summed E-state index contributed by atoms with van der Waals surface area (Å²) in [6.45, 7) is 7.95. The van der Waals surface area contributed by atoms with Gasteiger partial charge in [-0.2, -0.15) is 0 Å². The molecule has 0 radical (unpaired) electrons. The van der Waals surface area contributed by atoms with Gasteiger partial charge in [-0.1, -0.05) is 51.1 Å². The second-order valence-corrected chi connectivity index (χ2v) is 6.63. The minimum Gasteiger partial charge on any atom is -0.480 e. The second kappa shape index (κ2) is 7.25. The molecule has 0 fully saturated rings. The lowest BCUT2D eigenvalue weighted by molar-refractivity contribution is -0.142. The first-order valence-electron chi connectivity index (χ1n) is 7.29. The first-order chi connectivity index (χ1) is 9.70. The first-order valence-corrected chi connectivity index (χ1v) is 7.29. The lowest BCUT2D eigenvalue weighted by atomic mass is 9.88. The van der Waals surface area contributed by atoms with E-state index >= 15 is 0 Å². The van der Waals surface area contributed by atoms with E-state index in [1.54, 1.807) is 6.92 Å². The van der Waals surface area contributed by atoms with Crippen LogP contribution in [0.4, 0.5) is 0 Å². The molecule has 1 aromatic rings. The van der Waals surface area contributed by atoms with Crippen molar-refractivity contribution < 1.29 is 14.7 Å². The Bertz CT molecular complexity index is 477. The highest BCUT2D eigenvalue weighted by Crippen LogP contribution is 2.22. The summed E-state index contributed by atoms with van der Waals surface area (Å²) in [4.78, 5) is 23.5. The van der Waals surface area contributed by atoms with E-state index in [0.717, 1.165) is 12.0 Å². The molecule has 0 aliphatic rings. The zero-order chi connectivity index (χ0) is 16.0. The number of carbonyl (C=O) groups is 2. The Morgan fingerprint density at radius 1 is 1.19 bits per heavy atom. The molecule has 0 saturated carbocycles. The molecule has 0 heterocycles. The van der Waals surface area contributed by atoms with Gasteiger partial charge in [0.1, 0.15) is 6.04 Å². The number of nitrogens with one attached hydrogen (secondary N) is 1. The predicted molar refractivity (Wildman–Crippen MR) is 83.1 cm³/mol. The third kappa shape index (κ3) is 5.98. The van der Waals surface area contributed by atoms with Crippen molar-refractivity contribution in [1.29, 1.82) is 0 Å². The summed E-state index contributed by atoms with van der Waals surface area (Å²) in [6.07, 6.45) is 1.18. The highest BCUT2D eigenvalue weighted by Gasteiger charge is 2.25. The summed E-state index contributed by atoms with van der Waals surface area (Å²) in [5.74, 6) is -1.59. The number of aliphatic carboxylic acids is 1. The molecule has 21 heavy (non-hydrogen) atoms. The van der Waals surface area contributed by atoms with Crippen LogP contribution in [0.5, 0.6) is 0 Å². The van der Waals surface area contributed by atoms with Crippen LogP contribution in [0.25, 0.3) is 0 Å². The summed E-state index contributed by atoms with van der Waals surface area (Å²) in [5.41, 5.74) is 0.929. The van der Waals surface area contributed by atoms with E-state index in [4.69, 9.17) is 0 Å². The van der Waals surface area contributed by atoms with Crippen LogP contribution in [0.15, 0.2) is 30.3 Å². The lowest BCUT2D eigenvalue weighted by Crippen LogP contribution is -2.43. The molecule has 4 nitrogen and oxygen atoms in total. The molecule has 2 atom stereocenters. The SMILES string of the molecule is C[C@H](C(=O)NC(CCC(C)(C)C)C(=O)O)c1ccccc1. The van der Waals surface area contributed by atoms with Gasteiger partial charge >= 0.3 is 5.97 Å². The molecule has 0 aromatic heterocycles. The van der Waals surface area contributed by atoms with Gasteiger partial charge in [0.2, 0.25) is 5.91 Å². The number of amides is 1.